The summed E-state index contributed by atoms with van der Waals surface area (Å²) in [5.74, 6) is 0. The molecule has 1 aromatic rings. The number of aryl methyl sites for hydroxylation is 3. The van der Waals surface area contributed by atoms with Crippen molar-refractivity contribution in [3.05, 3.63) is 34.4 Å². The second-order valence-electron chi connectivity index (χ2n) is 9.08. The third kappa shape index (κ3) is 12.6. The van der Waals surface area contributed by atoms with Crippen molar-refractivity contribution in [2.75, 3.05) is 0 Å². The van der Waals surface area contributed by atoms with Gasteiger partial charge in [0, 0.05) is 0 Å². The number of halogens is 18. The van der Waals surface area contributed by atoms with Gasteiger partial charge in [-0.15, -0.1) is 0 Å². The zero-order chi connectivity index (χ0) is 36.9. The minimum atomic E-state index is -5.69. The molecule has 0 spiro atoms. The topological polar surface area (TPSA) is 60.7 Å². The number of benzene rings is 1. The summed E-state index contributed by atoms with van der Waals surface area (Å²) in [7, 11) is 0. The molecule has 0 atom stereocenters. The zero-order valence-corrected chi connectivity index (χ0v) is 24.7. The Morgan fingerprint density at radius 2 is 0.614 bits per heavy atom. The molecule has 1 rings (SSSR count). The standard InChI is InChI=1S/C10H11.3C4H4F6O.Mo/c1-7-5-8(2)10(4)9(3)6-7;3*1-2(11,3(5,6)7)4(8,9)10;/h5-6H,1-3H3;3*11H,1H3;. The maximum atomic E-state index is 11.4. The van der Waals surface area contributed by atoms with Gasteiger partial charge in [-0.2, -0.15) is 79.0 Å². The van der Waals surface area contributed by atoms with Gasteiger partial charge < -0.3 is 15.3 Å². The molecule has 0 amide bonds. The van der Waals surface area contributed by atoms with Crippen LogP contribution in [0.2, 0.25) is 0 Å². The quantitative estimate of drug-likeness (QED) is 0.185. The predicted octanol–water partition coefficient (Wildman–Crippen LogP) is 8.05. The van der Waals surface area contributed by atoms with Crippen LogP contribution < -0.4 is 0 Å². The Morgan fingerprint density at radius 1 is 0.455 bits per heavy atom. The summed E-state index contributed by atoms with van der Waals surface area (Å²) in [6, 6.07) is 4.39. The number of alkyl halides is 18. The van der Waals surface area contributed by atoms with Gasteiger partial charge >= 0.3 is 116 Å². The molecule has 0 fully saturated rings. The fraction of sp³-hybridized carbons (Fsp3) is 0.682. The molecule has 0 aliphatic rings. The summed E-state index contributed by atoms with van der Waals surface area (Å²) >= 11 is 1.90. The zero-order valence-electron chi connectivity index (χ0n) is 22.7. The Balaban J connectivity index is -0.000000509. The fourth-order valence-corrected chi connectivity index (χ4v) is 2.61. The normalized spacial score (nSPS) is 13.8. The molecule has 1 aromatic carbocycles. The fourth-order valence-electron chi connectivity index (χ4n) is 1.82. The van der Waals surface area contributed by atoms with E-state index in [0.717, 1.165) is 0 Å². The number of aliphatic hydroxyl groups is 3. The van der Waals surface area contributed by atoms with Crippen LogP contribution in [-0.4, -0.2) is 69.2 Å². The molecule has 3 nitrogen and oxygen atoms in total. The third-order valence-corrected chi connectivity index (χ3v) is 5.59. The Kier molecular flexibility index (Phi) is 15.7. The van der Waals surface area contributed by atoms with E-state index in [-0.39, 0.29) is 20.8 Å². The van der Waals surface area contributed by atoms with Crippen LogP contribution in [0, 0.1) is 25.0 Å². The molecule has 0 radical (unpaired) electrons. The van der Waals surface area contributed by atoms with Gasteiger partial charge in [0.2, 0.25) is 0 Å². The van der Waals surface area contributed by atoms with Crippen LogP contribution in [0.4, 0.5) is 79.0 Å². The average Bonchev–Trinajstić information content (AvgIpc) is 2.70. The van der Waals surface area contributed by atoms with Crippen molar-refractivity contribution in [1.82, 2.24) is 0 Å². The Labute approximate surface area is 247 Å². The van der Waals surface area contributed by atoms with Crippen molar-refractivity contribution in [2.24, 2.45) is 0 Å². The maximum absolute atomic E-state index is 11.4. The van der Waals surface area contributed by atoms with Crippen LogP contribution in [-0.2, 0) is 19.2 Å². The molecule has 0 aliphatic carbocycles. The first-order valence-electron chi connectivity index (χ1n) is 10.7. The van der Waals surface area contributed by atoms with Crippen LogP contribution in [0.15, 0.2) is 12.1 Å². The summed E-state index contributed by atoms with van der Waals surface area (Å²) in [5, 5.41) is 23.8. The van der Waals surface area contributed by atoms with E-state index in [4.69, 9.17) is 15.3 Å². The molecule has 0 aromatic heterocycles. The van der Waals surface area contributed by atoms with Gasteiger partial charge in [-0.1, -0.05) is 0 Å². The van der Waals surface area contributed by atoms with Gasteiger partial charge in [-0.25, -0.2) is 0 Å². The van der Waals surface area contributed by atoms with Crippen LogP contribution in [0.3, 0.4) is 0 Å². The molecule has 0 aliphatic heterocycles. The van der Waals surface area contributed by atoms with Crippen molar-refractivity contribution >= 4 is 0 Å². The summed E-state index contributed by atoms with van der Waals surface area (Å²) in [6.07, 6.45) is -34.1. The van der Waals surface area contributed by atoms with Gasteiger partial charge in [0.15, 0.2) is 0 Å². The number of hydrogen-bond acceptors (Lipinski definition) is 3. The number of hydrogen-bond donors (Lipinski definition) is 3. The van der Waals surface area contributed by atoms with Crippen molar-refractivity contribution < 1.29 is 114 Å². The van der Waals surface area contributed by atoms with Crippen molar-refractivity contribution in [3.8, 4) is 4.20 Å². The van der Waals surface area contributed by atoms with E-state index in [9.17, 15) is 79.0 Å². The molecule has 0 saturated carbocycles. The van der Waals surface area contributed by atoms with Crippen molar-refractivity contribution in [1.29, 1.82) is 0 Å². The number of rotatable bonds is 0. The second-order valence-corrected chi connectivity index (χ2v) is 9.58. The van der Waals surface area contributed by atoms with E-state index in [1.807, 2.05) is 19.2 Å². The minimum absolute atomic E-state index is 0.340. The predicted molar refractivity (Wildman–Crippen MR) is 112 cm³/mol. The summed E-state index contributed by atoms with van der Waals surface area (Å²) in [6.45, 7) is 5.37. The van der Waals surface area contributed by atoms with Gasteiger partial charge in [0.05, 0.1) is 0 Å². The van der Waals surface area contributed by atoms with E-state index in [1.54, 1.807) is 0 Å². The molecule has 22 heteroatoms. The monoisotopic (exact) mass is 775 g/mol. The van der Waals surface area contributed by atoms with Gasteiger partial charge in [-0.3, -0.25) is 0 Å². The van der Waals surface area contributed by atoms with Crippen LogP contribution in [0.5, 0.6) is 0 Å². The van der Waals surface area contributed by atoms with Crippen LogP contribution >= 0.6 is 0 Å². The SMILES string of the molecule is CC(O)(C(F)(F)F)C(F)(F)F.CC(O)(C(F)(F)F)C(F)(F)F.CC(O)(C(F)(F)F)C(F)(F)F.Cc1cc(C)c([C]#[Mo])c(C)c1. The van der Waals surface area contributed by atoms with Gasteiger partial charge in [0.1, 0.15) is 0 Å². The first-order valence-corrected chi connectivity index (χ1v) is 11.7. The molecule has 0 bridgehead atoms. The molecular weight excluding hydrogens is 750 g/mol. The van der Waals surface area contributed by atoms with E-state index in [0.29, 0.717) is 0 Å². The average molecular weight is 773 g/mol. The molecule has 0 unspecified atom stereocenters. The molecule has 261 valence electrons. The van der Waals surface area contributed by atoms with E-state index in [1.165, 1.54) is 22.3 Å². The molecule has 0 saturated heterocycles. The van der Waals surface area contributed by atoms with Gasteiger partial charge in [-0.05, 0) is 20.8 Å². The summed E-state index contributed by atoms with van der Waals surface area (Å²) < 4.78 is 208. The third-order valence-electron chi connectivity index (χ3n) is 5.09. The van der Waals surface area contributed by atoms with Crippen molar-refractivity contribution in [2.45, 2.75) is 95.4 Å². The summed E-state index contributed by atoms with van der Waals surface area (Å²) in [4.78, 5) is 0. The summed E-state index contributed by atoms with van der Waals surface area (Å²) in [5.41, 5.74) is -8.62. The first kappa shape index (κ1) is 46.7. The molecular formula is C22H23F18MoO3. The second kappa shape index (κ2) is 14.8. The van der Waals surface area contributed by atoms with E-state index in [2.05, 4.69) is 37.1 Å². The first-order chi connectivity index (χ1) is 18.6. The Morgan fingerprint density at radius 3 is 0.705 bits per heavy atom. The van der Waals surface area contributed by atoms with Gasteiger partial charge in [0.25, 0.3) is 16.8 Å². The van der Waals surface area contributed by atoms with E-state index >= 15 is 0 Å². The Bertz CT molecular complexity index is 940. The molecule has 44 heavy (non-hydrogen) atoms. The Hall–Kier alpha value is -1.69. The van der Waals surface area contributed by atoms with Crippen molar-refractivity contribution in [3.63, 3.8) is 0 Å². The van der Waals surface area contributed by atoms with Crippen LogP contribution in [0.25, 0.3) is 0 Å². The van der Waals surface area contributed by atoms with Crippen LogP contribution in [0.1, 0.15) is 43.0 Å². The van der Waals surface area contributed by atoms with E-state index < -0.39 is 53.9 Å². The molecule has 0 heterocycles. The molecule has 3 N–H and O–H groups in total.